The number of aromatic nitrogens is 1. The van der Waals surface area contributed by atoms with E-state index in [4.69, 9.17) is 4.74 Å². The number of amides is 3. The maximum absolute atomic E-state index is 12.2. The van der Waals surface area contributed by atoms with E-state index in [0.717, 1.165) is 11.4 Å². The van der Waals surface area contributed by atoms with Gasteiger partial charge in [-0.3, -0.25) is 4.79 Å². The van der Waals surface area contributed by atoms with Crippen molar-refractivity contribution in [3.05, 3.63) is 34.8 Å². The van der Waals surface area contributed by atoms with Gasteiger partial charge in [-0.15, -0.1) is 11.3 Å². The number of nitrogens with zero attached hydrogens (tertiary/aromatic N) is 1. The van der Waals surface area contributed by atoms with Gasteiger partial charge in [-0.2, -0.15) is 0 Å². The molecule has 0 fully saturated rings. The SMILES string of the molecule is CC[C@H](NC(=O)Nc1ccc(OC)c(NC(C)=O)c1)c1nccs1. The number of ether oxygens (including phenoxy) is 1. The van der Waals surface area contributed by atoms with Crippen LogP contribution in [-0.4, -0.2) is 24.0 Å². The van der Waals surface area contributed by atoms with Crippen LogP contribution >= 0.6 is 11.3 Å². The van der Waals surface area contributed by atoms with Crippen molar-refractivity contribution < 1.29 is 14.3 Å². The van der Waals surface area contributed by atoms with E-state index in [2.05, 4.69) is 20.9 Å². The van der Waals surface area contributed by atoms with Crippen LogP contribution in [0.5, 0.6) is 5.75 Å². The van der Waals surface area contributed by atoms with Crippen LogP contribution in [-0.2, 0) is 4.79 Å². The third-order valence-corrected chi connectivity index (χ3v) is 4.12. The molecule has 3 N–H and O–H groups in total. The number of nitrogens with one attached hydrogen (secondary N) is 3. The lowest BCUT2D eigenvalue weighted by Crippen LogP contribution is -2.32. The monoisotopic (exact) mass is 348 g/mol. The minimum atomic E-state index is -0.337. The van der Waals surface area contributed by atoms with Gasteiger partial charge >= 0.3 is 6.03 Å². The molecule has 1 aromatic carbocycles. The van der Waals surface area contributed by atoms with Crippen molar-refractivity contribution in [3.8, 4) is 5.75 Å². The number of hydrogen-bond donors (Lipinski definition) is 3. The minimum absolute atomic E-state index is 0.141. The van der Waals surface area contributed by atoms with Crippen molar-refractivity contribution >= 4 is 34.6 Å². The van der Waals surface area contributed by atoms with Gasteiger partial charge in [-0.05, 0) is 24.6 Å². The highest BCUT2D eigenvalue weighted by Gasteiger charge is 2.15. The molecule has 3 amide bonds. The molecule has 0 saturated carbocycles. The Bertz CT molecular complexity index is 703. The van der Waals surface area contributed by atoms with Crippen LogP contribution in [0.4, 0.5) is 16.2 Å². The molecule has 0 unspecified atom stereocenters. The summed E-state index contributed by atoms with van der Waals surface area (Å²) in [5.41, 5.74) is 1.04. The smallest absolute Gasteiger partial charge is 0.319 e. The Labute approximate surface area is 144 Å². The lowest BCUT2D eigenvalue weighted by Gasteiger charge is -2.16. The summed E-state index contributed by atoms with van der Waals surface area (Å²) in [5.74, 6) is 0.301. The van der Waals surface area contributed by atoms with Gasteiger partial charge in [0.1, 0.15) is 10.8 Å². The molecule has 128 valence electrons. The molecule has 0 aliphatic heterocycles. The molecule has 24 heavy (non-hydrogen) atoms. The van der Waals surface area contributed by atoms with E-state index in [1.807, 2.05) is 12.3 Å². The average molecular weight is 348 g/mol. The summed E-state index contributed by atoms with van der Waals surface area (Å²) in [7, 11) is 1.51. The Balaban J connectivity index is 2.06. The molecule has 0 radical (unpaired) electrons. The molecule has 1 aromatic heterocycles. The maximum Gasteiger partial charge on any atom is 0.319 e. The standard InChI is InChI=1S/C16H20N4O3S/c1-4-12(15-17-7-8-24-15)20-16(22)19-11-5-6-14(23-3)13(9-11)18-10(2)21/h5-9,12H,4H2,1-3H3,(H,18,21)(H2,19,20,22)/t12-/m0/s1. The molecule has 1 atom stereocenters. The molecule has 2 aromatic rings. The lowest BCUT2D eigenvalue weighted by atomic mass is 10.2. The summed E-state index contributed by atoms with van der Waals surface area (Å²) in [4.78, 5) is 27.7. The first-order valence-corrected chi connectivity index (χ1v) is 8.34. The van der Waals surface area contributed by atoms with Gasteiger partial charge in [0, 0.05) is 24.2 Å². The maximum atomic E-state index is 12.2. The van der Waals surface area contributed by atoms with Crippen molar-refractivity contribution in [1.82, 2.24) is 10.3 Å². The number of carbonyl (C=O) groups is 2. The number of carbonyl (C=O) groups excluding carboxylic acids is 2. The summed E-state index contributed by atoms with van der Waals surface area (Å²) in [5, 5.41) is 11.0. The van der Waals surface area contributed by atoms with Gasteiger partial charge < -0.3 is 20.7 Å². The second kappa shape index (κ2) is 8.30. The largest absolute Gasteiger partial charge is 0.495 e. The molecule has 0 aliphatic carbocycles. The highest BCUT2D eigenvalue weighted by atomic mass is 32.1. The van der Waals surface area contributed by atoms with E-state index >= 15 is 0 Å². The van der Waals surface area contributed by atoms with Crippen molar-refractivity contribution in [2.75, 3.05) is 17.7 Å². The fourth-order valence-electron chi connectivity index (χ4n) is 2.14. The van der Waals surface area contributed by atoms with E-state index in [-0.39, 0.29) is 18.0 Å². The summed E-state index contributed by atoms with van der Waals surface area (Å²) in [6, 6.07) is 4.55. The van der Waals surface area contributed by atoms with Crippen LogP contribution in [0.3, 0.4) is 0 Å². The number of methoxy groups -OCH3 is 1. The quantitative estimate of drug-likeness (QED) is 0.746. The zero-order valence-corrected chi connectivity index (χ0v) is 14.6. The van der Waals surface area contributed by atoms with Crippen LogP contribution in [0.25, 0.3) is 0 Å². The van der Waals surface area contributed by atoms with Crippen LogP contribution in [0.2, 0.25) is 0 Å². The highest BCUT2D eigenvalue weighted by molar-refractivity contribution is 7.09. The second-order valence-corrected chi connectivity index (χ2v) is 5.95. The number of benzene rings is 1. The molecule has 1 heterocycles. The number of rotatable bonds is 6. The van der Waals surface area contributed by atoms with Crippen LogP contribution in [0.1, 0.15) is 31.3 Å². The predicted octanol–water partition coefficient (Wildman–Crippen LogP) is 3.38. The van der Waals surface area contributed by atoms with Gasteiger partial charge in [0.15, 0.2) is 0 Å². The lowest BCUT2D eigenvalue weighted by molar-refractivity contribution is -0.114. The fraction of sp³-hybridized carbons (Fsp3) is 0.312. The Morgan fingerprint density at radius 1 is 1.33 bits per heavy atom. The third-order valence-electron chi connectivity index (χ3n) is 3.23. The Morgan fingerprint density at radius 2 is 2.12 bits per heavy atom. The van der Waals surface area contributed by atoms with Crippen LogP contribution in [0, 0.1) is 0 Å². The van der Waals surface area contributed by atoms with Crippen molar-refractivity contribution in [3.63, 3.8) is 0 Å². The molecule has 0 saturated heterocycles. The van der Waals surface area contributed by atoms with Crippen molar-refractivity contribution in [1.29, 1.82) is 0 Å². The first kappa shape index (κ1) is 17.7. The first-order valence-electron chi connectivity index (χ1n) is 7.46. The van der Waals surface area contributed by atoms with Gasteiger partial charge in [0.25, 0.3) is 0 Å². The fourth-order valence-corrected chi connectivity index (χ4v) is 2.92. The Hall–Kier alpha value is -2.61. The van der Waals surface area contributed by atoms with Gasteiger partial charge in [0.05, 0.1) is 18.8 Å². The number of anilines is 2. The number of hydrogen-bond acceptors (Lipinski definition) is 5. The molecule has 8 heteroatoms. The van der Waals surface area contributed by atoms with E-state index in [1.54, 1.807) is 24.4 Å². The highest BCUT2D eigenvalue weighted by Crippen LogP contribution is 2.28. The second-order valence-electron chi connectivity index (χ2n) is 5.03. The summed E-state index contributed by atoms with van der Waals surface area (Å²) in [6.45, 7) is 3.39. The van der Waals surface area contributed by atoms with E-state index < -0.39 is 0 Å². The summed E-state index contributed by atoms with van der Waals surface area (Å²) >= 11 is 1.50. The van der Waals surface area contributed by atoms with E-state index in [0.29, 0.717) is 17.1 Å². The number of urea groups is 1. The predicted molar refractivity (Wildman–Crippen MR) is 94.6 cm³/mol. The molecule has 7 nitrogen and oxygen atoms in total. The van der Waals surface area contributed by atoms with Crippen LogP contribution < -0.4 is 20.7 Å². The summed E-state index contributed by atoms with van der Waals surface area (Å²) in [6.07, 6.45) is 2.45. The molecular weight excluding hydrogens is 328 g/mol. The zero-order valence-electron chi connectivity index (χ0n) is 13.8. The van der Waals surface area contributed by atoms with Crippen molar-refractivity contribution in [2.24, 2.45) is 0 Å². The third kappa shape index (κ3) is 4.69. The average Bonchev–Trinajstić information content (AvgIpc) is 3.06. The Kier molecular flexibility index (Phi) is 6.14. The zero-order chi connectivity index (χ0) is 17.5. The number of thiazole rings is 1. The van der Waals surface area contributed by atoms with Gasteiger partial charge in [-0.1, -0.05) is 6.92 Å². The minimum Gasteiger partial charge on any atom is -0.495 e. The van der Waals surface area contributed by atoms with Gasteiger partial charge in [-0.25, -0.2) is 9.78 Å². The van der Waals surface area contributed by atoms with E-state index in [9.17, 15) is 9.59 Å². The summed E-state index contributed by atoms with van der Waals surface area (Å²) < 4.78 is 5.19. The normalized spacial score (nSPS) is 11.5. The van der Waals surface area contributed by atoms with Crippen LogP contribution in [0.15, 0.2) is 29.8 Å². The molecule has 0 aliphatic rings. The van der Waals surface area contributed by atoms with Crippen molar-refractivity contribution in [2.45, 2.75) is 26.3 Å². The molecule has 2 rings (SSSR count). The molecular formula is C16H20N4O3S. The Morgan fingerprint density at radius 3 is 2.71 bits per heavy atom. The molecule has 0 spiro atoms. The topological polar surface area (TPSA) is 92.4 Å². The first-order chi connectivity index (χ1) is 11.5. The molecule has 0 bridgehead atoms. The van der Waals surface area contributed by atoms with E-state index in [1.165, 1.54) is 25.4 Å². The van der Waals surface area contributed by atoms with Gasteiger partial charge in [0.2, 0.25) is 5.91 Å².